The molecule has 0 radical (unpaired) electrons. The molecule has 0 atom stereocenters. The maximum absolute atomic E-state index is 11.7. The van der Waals surface area contributed by atoms with E-state index in [2.05, 4.69) is 18.2 Å². The molecule has 0 saturated carbocycles. The van der Waals surface area contributed by atoms with Crippen molar-refractivity contribution in [1.82, 2.24) is 0 Å². The zero-order valence-corrected chi connectivity index (χ0v) is 19.2. The number of halogens is 1. The molecule has 1 N–H and O–H groups in total. The molecule has 0 aliphatic rings. The predicted octanol–water partition coefficient (Wildman–Crippen LogP) is 7.59. The van der Waals surface area contributed by atoms with E-state index < -0.39 is 10.1 Å². The fourth-order valence-electron chi connectivity index (χ4n) is 3.57. The molecule has 164 valence electrons. The first-order valence-corrected chi connectivity index (χ1v) is 12.1. The quantitative estimate of drug-likeness (QED) is 0.232. The van der Waals surface area contributed by atoms with Gasteiger partial charge in [-0.2, -0.15) is 8.42 Å². The van der Waals surface area contributed by atoms with Gasteiger partial charge in [-0.05, 0) is 51.6 Å². The number of benzene rings is 4. The van der Waals surface area contributed by atoms with Crippen molar-refractivity contribution in [2.24, 2.45) is 0 Å². The zero-order chi connectivity index (χ0) is 23.3. The molecular formula is C28H21ClO3S. The van der Waals surface area contributed by atoms with Gasteiger partial charge in [0.05, 0.1) is 0 Å². The molecule has 5 heteroatoms. The third-order valence-corrected chi connectivity index (χ3v) is 6.36. The van der Waals surface area contributed by atoms with Crippen LogP contribution in [0.3, 0.4) is 0 Å². The van der Waals surface area contributed by atoms with Crippen LogP contribution in [0.4, 0.5) is 0 Å². The van der Waals surface area contributed by atoms with Gasteiger partial charge in [-0.3, -0.25) is 4.55 Å². The first kappa shape index (κ1) is 22.7. The van der Waals surface area contributed by atoms with Gasteiger partial charge in [-0.1, -0.05) is 115 Å². The van der Waals surface area contributed by atoms with E-state index in [-0.39, 0.29) is 4.90 Å². The lowest BCUT2D eigenvalue weighted by Gasteiger charge is -2.10. The van der Waals surface area contributed by atoms with E-state index in [1.807, 2.05) is 72.8 Å². The Morgan fingerprint density at radius 2 is 1.03 bits per heavy atom. The molecule has 0 aromatic heterocycles. The molecule has 0 amide bonds. The highest BCUT2D eigenvalue weighted by molar-refractivity contribution is 7.85. The monoisotopic (exact) mass is 472 g/mol. The smallest absolute Gasteiger partial charge is 0.282 e. The van der Waals surface area contributed by atoms with E-state index >= 15 is 0 Å². The molecule has 0 aliphatic heterocycles. The zero-order valence-electron chi connectivity index (χ0n) is 17.6. The van der Waals surface area contributed by atoms with E-state index in [0.29, 0.717) is 10.6 Å². The average Bonchev–Trinajstić information content (AvgIpc) is 2.82. The molecule has 33 heavy (non-hydrogen) atoms. The van der Waals surface area contributed by atoms with Crippen molar-refractivity contribution in [3.63, 3.8) is 0 Å². The van der Waals surface area contributed by atoms with Crippen molar-refractivity contribution >= 4 is 46.0 Å². The summed E-state index contributed by atoms with van der Waals surface area (Å²) < 4.78 is 33.0. The Hall–Kier alpha value is -3.44. The van der Waals surface area contributed by atoms with Crippen molar-refractivity contribution in [3.8, 4) is 11.1 Å². The molecule has 0 saturated heterocycles. The third-order valence-electron chi connectivity index (χ3n) is 5.18. The average molecular weight is 473 g/mol. The fourth-order valence-corrected chi connectivity index (χ4v) is 4.38. The first-order chi connectivity index (χ1) is 15.9. The predicted molar refractivity (Wildman–Crippen MR) is 137 cm³/mol. The Labute approximate surface area is 199 Å². The fraction of sp³-hybridized carbons (Fsp3) is 0. The first-order valence-electron chi connectivity index (χ1n) is 10.3. The summed E-state index contributed by atoms with van der Waals surface area (Å²) in [6.07, 6.45) is 7.66. The Morgan fingerprint density at radius 1 is 0.576 bits per heavy atom. The summed E-state index contributed by atoms with van der Waals surface area (Å²) in [6, 6.07) is 30.0. The van der Waals surface area contributed by atoms with Crippen molar-refractivity contribution in [2.45, 2.75) is 4.90 Å². The molecule has 0 bridgehead atoms. The second kappa shape index (κ2) is 10.0. The minimum atomic E-state index is -4.31. The van der Waals surface area contributed by atoms with Crippen LogP contribution in [0.25, 0.3) is 35.4 Å². The SMILES string of the molecule is O=S(=O)(O)c1ccccc1/C=C/c1ccccc1-c1ccccc1/C=C/c1ccc(Cl)cc1. The summed E-state index contributed by atoms with van der Waals surface area (Å²) in [6.45, 7) is 0. The summed E-state index contributed by atoms with van der Waals surface area (Å²) in [7, 11) is -4.31. The highest BCUT2D eigenvalue weighted by Gasteiger charge is 2.13. The Morgan fingerprint density at radius 3 is 1.61 bits per heavy atom. The molecule has 0 spiro atoms. The summed E-state index contributed by atoms with van der Waals surface area (Å²) in [5.41, 5.74) is 5.50. The number of hydrogen-bond acceptors (Lipinski definition) is 2. The van der Waals surface area contributed by atoms with Crippen LogP contribution < -0.4 is 0 Å². The van der Waals surface area contributed by atoms with Crippen LogP contribution in [-0.4, -0.2) is 13.0 Å². The Bertz CT molecular complexity index is 1440. The highest BCUT2D eigenvalue weighted by atomic mass is 35.5. The lowest BCUT2D eigenvalue weighted by Crippen LogP contribution is -2.00. The lowest BCUT2D eigenvalue weighted by molar-refractivity contribution is 0.483. The summed E-state index contributed by atoms with van der Waals surface area (Å²) >= 11 is 5.98. The van der Waals surface area contributed by atoms with Gasteiger partial charge in [0, 0.05) is 5.02 Å². The number of rotatable bonds is 6. The van der Waals surface area contributed by atoms with Crippen LogP contribution in [0, 0.1) is 0 Å². The van der Waals surface area contributed by atoms with E-state index in [0.717, 1.165) is 27.8 Å². The molecule has 0 unspecified atom stereocenters. The highest BCUT2D eigenvalue weighted by Crippen LogP contribution is 2.30. The van der Waals surface area contributed by atoms with Gasteiger partial charge < -0.3 is 0 Å². The van der Waals surface area contributed by atoms with Crippen LogP contribution in [0.5, 0.6) is 0 Å². The van der Waals surface area contributed by atoms with Crippen LogP contribution >= 0.6 is 11.6 Å². The van der Waals surface area contributed by atoms with Gasteiger partial charge >= 0.3 is 0 Å². The van der Waals surface area contributed by atoms with Crippen molar-refractivity contribution in [2.75, 3.05) is 0 Å². The van der Waals surface area contributed by atoms with Crippen LogP contribution in [0.15, 0.2) is 102 Å². The molecule has 4 aromatic rings. The molecule has 4 aromatic carbocycles. The van der Waals surface area contributed by atoms with Crippen molar-refractivity contribution < 1.29 is 13.0 Å². The van der Waals surface area contributed by atoms with Gasteiger partial charge in [0.2, 0.25) is 0 Å². The van der Waals surface area contributed by atoms with Crippen LogP contribution in [0.1, 0.15) is 22.3 Å². The third kappa shape index (κ3) is 5.68. The number of hydrogen-bond donors (Lipinski definition) is 1. The molecular weight excluding hydrogens is 452 g/mol. The van der Waals surface area contributed by atoms with Crippen molar-refractivity contribution in [3.05, 3.63) is 124 Å². The second-order valence-corrected chi connectivity index (χ2v) is 9.23. The lowest BCUT2D eigenvalue weighted by atomic mass is 9.94. The van der Waals surface area contributed by atoms with Gasteiger partial charge in [0.25, 0.3) is 10.1 Å². The molecule has 3 nitrogen and oxygen atoms in total. The Kier molecular flexibility index (Phi) is 6.90. The largest absolute Gasteiger partial charge is 0.295 e. The molecule has 0 heterocycles. The van der Waals surface area contributed by atoms with Gasteiger partial charge in [0.15, 0.2) is 0 Å². The van der Waals surface area contributed by atoms with Crippen LogP contribution in [0.2, 0.25) is 5.02 Å². The van der Waals surface area contributed by atoms with Gasteiger partial charge in [-0.25, -0.2) is 0 Å². The van der Waals surface area contributed by atoms with Crippen molar-refractivity contribution in [1.29, 1.82) is 0 Å². The molecule has 0 fully saturated rings. The van der Waals surface area contributed by atoms with E-state index in [1.165, 1.54) is 6.07 Å². The maximum Gasteiger partial charge on any atom is 0.295 e. The topological polar surface area (TPSA) is 54.4 Å². The summed E-state index contributed by atoms with van der Waals surface area (Å²) in [5, 5.41) is 0.698. The minimum absolute atomic E-state index is 0.120. The Balaban J connectivity index is 1.72. The molecule has 0 aliphatic carbocycles. The maximum atomic E-state index is 11.7. The van der Waals surface area contributed by atoms with E-state index in [1.54, 1.807) is 24.3 Å². The van der Waals surface area contributed by atoms with E-state index in [4.69, 9.17) is 11.6 Å². The standard InChI is InChI=1S/C28H21ClO3S/c29-25-19-14-21(15-20-25)13-16-22-7-1-4-10-26(22)27-11-5-2-8-23(27)17-18-24-9-3-6-12-28(24)33(30,31)32/h1-20H,(H,30,31,32)/b16-13+,18-17+. The summed E-state index contributed by atoms with van der Waals surface area (Å²) in [5.74, 6) is 0. The van der Waals surface area contributed by atoms with Gasteiger partial charge in [0.1, 0.15) is 4.90 Å². The normalized spacial score (nSPS) is 11.9. The summed E-state index contributed by atoms with van der Waals surface area (Å²) in [4.78, 5) is -0.120. The van der Waals surface area contributed by atoms with Crippen LogP contribution in [-0.2, 0) is 10.1 Å². The van der Waals surface area contributed by atoms with Gasteiger partial charge in [-0.15, -0.1) is 0 Å². The second-order valence-electron chi connectivity index (χ2n) is 7.41. The van der Waals surface area contributed by atoms with E-state index in [9.17, 15) is 13.0 Å². The minimum Gasteiger partial charge on any atom is -0.282 e. The molecule has 4 rings (SSSR count).